The molecule has 0 bridgehead atoms. The number of nitrogens with two attached hydrogens (primary N) is 3. The van der Waals surface area contributed by atoms with Gasteiger partial charge in [-0.2, -0.15) is 0 Å². The van der Waals surface area contributed by atoms with E-state index >= 15 is 0 Å². The summed E-state index contributed by atoms with van der Waals surface area (Å²) in [7, 11) is 0. The van der Waals surface area contributed by atoms with Crippen LogP contribution in [-0.4, -0.2) is 69.8 Å². The number of amides is 5. The highest BCUT2D eigenvalue weighted by atomic mass is 16.4. The molecule has 0 spiro atoms. The summed E-state index contributed by atoms with van der Waals surface area (Å²) < 4.78 is 0. The van der Waals surface area contributed by atoms with Crippen molar-refractivity contribution in [1.29, 1.82) is 0 Å². The summed E-state index contributed by atoms with van der Waals surface area (Å²) >= 11 is 0. The van der Waals surface area contributed by atoms with Crippen molar-refractivity contribution in [2.45, 2.75) is 56.8 Å². The predicted molar refractivity (Wildman–Crippen MR) is 131 cm³/mol. The third-order valence-electron chi connectivity index (χ3n) is 5.48. The summed E-state index contributed by atoms with van der Waals surface area (Å²) in [6.45, 7) is 1.43. The van der Waals surface area contributed by atoms with E-state index in [4.69, 9.17) is 17.2 Å². The number of fused-ring (bicyclic) bond motifs is 1. The van der Waals surface area contributed by atoms with Crippen molar-refractivity contribution in [2.24, 2.45) is 17.2 Å². The molecule has 0 fully saturated rings. The number of aliphatic carboxylic acids is 1. The molecule has 2 aromatic rings. The Morgan fingerprint density at radius 1 is 0.892 bits per heavy atom. The molecule has 0 radical (unpaired) electrons. The Morgan fingerprint density at radius 2 is 1.49 bits per heavy atom. The quantitative estimate of drug-likeness (QED) is 0.135. The molecule has 11 N–H and O–H groups in total. The average Bonchev–Trinajstić information content (AvgIpc) is 3.22. The van der Waals surface area contributed by atoms with Gasteiger partial charge in [-0.3, -0.25) is 24.0 Å². The van der Waals surface area contributed by atoms with Gasteiger partial charge < -0.3 is 43.2 Å². The number of primary amides is 2. The van der Waals surface area contributed by atoms with E-state index in [1.54, 1.807) is 6.20 Å². The summed E-state index contributed by atoms with van der Waals surface area (Å²) in [6, 6.07) is 2.13. The molecule has 0 aliphatic heterocycles. The normalized spacial score (nSPS) is 14.1. The SMILES string of the molecule is CC(N)C(=O)NC(Cc1c[nH]c2ccccc12)C(=O)NC(CCC(N)=O)C(=O)NC(CC(N)=O)C(=O)O. The zero-order chi connectivity index (χ0) is 27.7. The van der Waals surface area contributed by atoms with Gasteiger partial charge in [0.1, 0.15) is 18.1 Å². The van der Waals surface area contributed by atoms with E-state index in [0.717, 1.165) is 10.9 Å². The predicted octanol–water partition coefficient (Wildman–Crippen LogP) is -2.26. The lowest BCUT2D eigenvalue weighted by atomic mass is 10.0. The lowest BCUT2D eigenvalue weighted by Gasteiger charge is -2.24. The summed E-state index contributed by atoms with van der Waals surface area (Å²) in [5.41, 5.74) is 17.4. The Kier molecular flexibility index (Phi) is 10.1. The molecule has 37 heavy (non-hydrogen) atoms. The number of aromatic nitrogens is 1. The molecule has 200 valence electrons. The minimum absolute atomic E-state index is 0.0257. The molecule has 2 rings (SSSR count). The second-order valence-corrected chi connectivity index (χ2v) is 8.55. The van der Waals surface area contributed by atoms with Gasteiger partial charge in [-0.15, -0.1) is 0 Å². The fourth-order valence-corrected chi connectivity index (χ4v) is 3.53. The average molecular weight is 518 g/mol. The summed E-state index contributed by atoms with van der Waals surface area (Å²) in [5, 5.41) is 17.2. The minimum Gasteiger partial charge on any atom is -0.480 e. The zero-order valence-electron chi connectivity index (χ0n) is 20.2. The van der Waals surface area contributed by atoms with E-state index < -0.39 is 66.1 Å². The van der Waals surface area contributed by atoms with Crippen LogP contribution < -0.4 is 33.2 Å². The van der Waals surface area contributed by atoms with Crippen LogP contribution in [0, 0.1) is 0 Å². The van der Waals surface area contributed by atoms with Crippen LogP contribution in [0.15, 0.2) is 30.5 Å². The van der Waals surface area contributed by atoms with Crippen LogP contribution in [0.5, 0.6) is 0 Å². The first kappa shape index (κ1) is 28.8. The third kappa shape index (κ3) is 8.61. The monoisotopic (exact) mass is 517 g/mol. The second kappa shape index (κ2) is 13.0. The van der Waals surface area contributed by atoms with Gasteiger partial charge in [0.2, 0.25) is 29.5 Å². The van der Waals surface area contributed by atoms with Gasteiger partial charge in [-0.25, -0.2) is 4.79 Å². The molecule has 1 heterocycles. The number of carboxylic acid groups (broad SMARTS) is 1. The first-order valence-corrected chi connectivity index (χ1v) is 11.4. The minimum atomic E-state index is -1.65. The Balaban J connectivity index is 2.29. The van der Waals surface area contributed by atoms with Crippen molar-refractivity contribution < 1.29 is 33.9 Å². The Bertz CT molecular complexity index is 1180. The number of H-pyrrole nitrogens is 1. The standard InChI is InChI=1S/C23H31N7O7/c1-11(24)20(33)29-16(8-12-10-27-14-5-3-2-4-13(12)14)22(35)28-15(6-7-18(25)31)21(34)30-17(23(36)37)9-19(26)32/h2-5,10-11,15-17,27H,6-9,24H2,1H3,(H2,25,31)(H2,26,32)(H,28,35)(H,29,33)(H,30,34)(H,36,37). The van der Waals surface area contributed by atoms with Crippen molar-refractivity contribution in [3.05, 3.63) is 36.0 Å². The zero-order valence-corrected chi connectivity index (χ0v) is 20.2. The van der Waals surface area contributed by atoms with Gasteiger partial charge in [0, 0.05) is 29.9 Å². The van der Waals surface area contributed by atoms with Crippen LogP contribution in [0.2, 0.25) is 0 Å². The molecule has 1 aromatic carbocycles. The van der Waals surface area contributed by atoms with Crippen LogP contribution in [0.25, 0.3) is 10.9 Å². The van der Waals surface area contributed by atoms with E-state index in [1.165, 1.54) is 6.92 Å². The van der Waals surface area contributed by atoms with E-state index in [2.05, 4.69) is 20.9 Å². The van der Waals surface area contributed by atoms with Crippen LogP contribution in [0.3, 0.4) is 0 Å². The van der Waals surface area contributed by atoms with Crippen LogP contribution >= 0.6 is 0 Å². The fourth-order valence-electron chi connectivity index (χ4n) is 3.53. The molecule has 1 aromatic heterocycles. The number of nitrogens with one attached hydrogen (secondary N) is 4. The highest BCUT2D eigenvalue weighted by molar-refractivity contribution is 5.95. The van der Waals surface area contributed by atoms with Crippen molar-refractivity contribution in [3.8, 4) is 0 Å². The number of aromatic amines is 1. The van der Waals surface area contributed by atoms with Gasteiger partial charge in [-0.05, 0) is 25.0 Å². The Hall–Kier alpha value is -4.46. The summed E-state index contributed by atoms with van der Waals surface area (Å²) in [5.74, 6) is -5.64. The summed E-state index contributed by atoms with van der Waals surface area (Å²) in [6.07, 6.45) is 0.437. The molecule has 4 unspecified atom stereocenters. The third-order valence-corrected chi connectivity index (χ3v) is 5.48. The first-order valence-electron chi connectivity index (χ1n) is 11.4. The molecular formula is C23H31N7O7. The summed E-state index contributed by atoms with van der Waals surface area (Å²) in [4.78, 5) is 75.4. The van der Waals surface area contributed by atoms with Gasteiger partial charge in [-0.1, -0.05) is 18.2 Å². The highest BCUT2D eigenvalue weighted by Gasteiger charge is 2.31. The molecule has 0 saturated heterocycles. The molecule has 4 atom stereocenters. The highest BCUT2D eigenvalue weighted by Crippen LogP contribution is 2.19. The maximum absolute atomic E-state index is 13.3. The number of hydrogen-bond donors (Lipinski definition) is 8. The van der Waals surface area contributed by atoms with Crippen molar-refractivity contribution >= 4 is 46.4 Å². The number of rotatable bonds is 14. The number of hydrogen-bond acceptors (Lipinski definition) is 7. The number of carbonyl (C=O) groups excluding carboxylic acids is 5. The maximum Gasteiger partial charge on any atom is 0.326 e. The maximum atomic E-state index is 13.3. The Labute approximate surface area is 211 Å². The molecule has 0 aliphatic carbocycles. The molecule has 0 aliphatic rings. The number of carboxylic acids is 1. The molecular weight excluding hydrogens is 486 g/mol. The Morgan fingerprint density at radius 3 is 2.08 bits per heavy atom. The van der Waals surface area contributed by atoms with Gasteiger partial charge in [0.15, 0.2) is 0 Å². The molecule has 0 saturated carbocycles. The van der Waals surface area contributed by atoms with Crippen LogP contribution in [-0.2, 0) is 35.2 Å². The number of para-hydroxylation sites is 1. The largest absolute Gasteiger partial charge is 0.480 e. The first-order chi connectivity index (χ1) is 17.4. The lowest BCUT2D eigenvalue weighted by Crippen LogP contribution is -2.57. The molecule has 14 heteroatoms. The van der Waals surface area contributed by atoms with Crippen LogP contribution in [0.1, 0.15) is 31.7 Å². The van der Waals surface area contributed by atoms with E-state index in [-0.39, 0.29) is 19.3 Å². The van der Waals surface area contributed by atoms with Crippen molar-refractivity contribution in [3.63, 3.8) is 0 Å². The topological polar surface area (TPSA) is 253 Å². The smallest absolute Gasteiger partial charge is 0.326 e. The molecule has 5 amide bonds. The molecule has 14 nitrogen and oxygen atoms in total. The lowest BCUT2D eigenvalue weighted by molar-refractivity contribution is -0.144. The van der Waals surface area contributed by atoms with Gasteiger partial charge in [0.05, 0.1) is 12.5 Å². The second-order valence-electron chi connectivity index (χ2n) is 8.55. The van der Waals surface area contributed by atoms with E-state index in [9.17, 15) is 33.9 Å². The van der Waals surface area contributed by atoms with E-state index in [1.807, 2.05) is 24.3 Å². The van der Waals surface area contributed by atoms with Crippen LogP contribution in [0.4, 0.5) is 0 Å². The van der Waals surface area contributed by atoms with Gasteiger partial charge >= 0.3 is 5.97 Å². The number of benzene rings is 1. The van der Waals surface area contributed by atoms with E-state index in [0.29, 0.717) is 5.56 Å². The van der Waals surface area contributed by atoms with Gasteiger partial charge in [0.25, 0.3) is 0 Å². The van der Waals surface area contributed by atoms with Crippen molar-refractivity contribution in [2.75, 3.05) is 0 Å². The number of carbonyl (C=O) groups is 6. The fraction of sp³-hybridized carbons (Fsp3) is 0.391. The van der Waals surface area contributed by atoms with Crippen molar-refractivity contribution in [1.82, 2.24) is 20.9 Å².